The third kappa shape index (κ3) is 3.73. The monoisotopic (exact) mass is 276 g/mol. The molecule has 6 heteroatoms. The molecule has 1 saturated heterocycles. The number of rotatable bonds is 4. The number of furan rings is 1. The lowest BCUT2D eigenvalue weighted by Crippen LogP contribution is -2.41. The van der Waals surface area contributed by atoms with E-state index < -0.39 is 12.1 Å². The number of nitrogens with one attached hydrogen (secondary N) is 1. The van der Waals surface area contributed by atoms with Crippen LogP contribution in [0.25, 0.3) is 0 Å². The molecule has 3 nitrogen and oxygen atoms in total. The van der Waals surface area contributed by atoms with E-state index in [4.69, 9.17) is 4.42 Å². The second-order valence-corrected chi connectivity index (χ2v) is 5.02. The van der Waals surface area contributed by atoms with Crippen molar-refractivity contribution in [1.82, 2.24) is 10.2 Å². The van der Waals surface area contributed by atoms with Crippen molar-refractivity contribution in [2.24, 2.45) is 5.92 Å². The van der Waals surface area contributed by atoms with Crippen LogP contribution >= 0.6 is 0 Å². The fourth-order valence-corrected chi connectivity index (χ4v) is 2.52. The highest BCUT2D eigenvalue weighted by Gasteiger charge is 2.41. The first kappa shape index (κ1) is 14.4. The first-order valence-electron chi connectivity index (χ1n) is 6.49. The van der Waals surface area contributed by atoms with Crippen LogP contribution in [0.4, 0.5) is 13.2 Å². The van der Waals surface area contributed by atoms with E-state index in [2.05, 4.69) is 5.32 Å². The van der Waals surface area contributed by atoms with E-state index in [-0.39, 0.29) is 13.0 Å². The lowest BCUT2D eigenvalue weighted by molar-refractivity contribution is -0.187. The van der Waals surface area contributed by atoms with Gasteiger partial charge in [-0.25, -0.2) is 0 Å². The third-order valence-corrected chi connectivity index (χ3v) is 3.54. The fraction of sp³-hybridized carbons (Fsp3) is 0.692. The van der Waals surface area contributed by atoms with Gasteiger partial charge < -0.3 is 9.73 Å². The Balaban J connectivity index is 1.97. The van der Waals surface area contributed by atoms with Crippen LogP contribution in [0.3, 0.4) is 0 Å². The molecular formula is C13H19F3N2O. The van der Waals surface area contributed by atoms with Gasteiger partial charge in [0.15, 0.2) is 0 Å². The lowest BCUT2D eigenvalue weighted by atomic mass is 9.97. The van der Waals surface area contributed by atoms with Crippen molar-refractivity contribution in [3.05, 3.63) is 23.7 Å². The summed E-state index contributed by atoms with van der Waals surface area (Å²) in [6.45, 7) is 1.90. The Hall–Kier alpha value is -1.01. The second kappa shape index (κ2) is 5.96. The first-order chi connectivity index (χ1) is 9.00. The second-order valence-electron chi connectivity index (χ2n) is 5.02. The average molecular weight is 276 g/mol. The molecule has 0 spiro atoms. The normalized spacial score (nSPS) is 21.8. The maximum absolute atomic E-state index is 12.7. The molecule has 0 saturated carbocycles. The first-order valence-corrected chi connectivity index (χ1v) is 6.49. The van der Waals surface area contributed by atoms with Crippen molar-refractivity contribution < 1.29 is 17.6 Å². The van der Waals surface area contributed by atoms with Crippen LogP contribution in [-0.4, -0.2) is 31.2 Å². The molecule has 108 valence electrons. The molecule has 0 bridgehead atoms. The summed E-state index contributed by atoms with van der Waals surface area (Å²) in [5.74, 6) is -0.443. The summed E-state index contributed by atoms with van der Waals surface area (Å²) in [5.41, 5.74) is 1.01. The Morgan fingerprint density at radius 1 is 1.47 bits per heavy atom. The zero-order chi connectivity index (χ0) is 13.9. The van der Waals surface area contributed by atoms with Gasteiger partial charge in [-0.2, -0.15) is 13.2 Å². The molecular weight excluding hydrogens is 257 g/mol. The third-order valence-electron chi connectivity index (χ3n) is 3.54. The summed E-state index contributed by atoms with van der Waals surface area (Å²) in [6, 6.07) is 1.86. The van der Waals surface area contributed by atoms with E-state index in [9.17, 15) is 13.2 Å². The minimum atomic E-state index is -4.09. The summed E-state index contributed by atoms with van der Waals surface area (Å²) in [4.78, 5) is 1.83. The Kier molecular flexibility index (Phi) is 4.52. The molecule has 1 atom stereocenters. The molecule has 0 aliphatic carbocycles. The standard InChI is InChI=1S/C13H19F3N2O/c1-17-7-10-4-6-19-12(10)9-18-5-2-3-11(8-18)13(14,15)16/h4,6,11,17H,2-3,5,7-9H2,1H3. The number of hydrogen-bond donors (Lipinski definition) is 1. The van der Waals surface area contributed by atoms with E-state index in [1.807, 2.05) is 18.0 Å². The SMILES string of the molecule is CNCc1ccoc1CN1CCCC(C(F)(F)F)C1. The smallest absolute Gasteiger partial charge is 0.393 e. The van der Waals surface area contributed by atoms with Gasteiger partial charge in [-0.1, -0.05) is 0 Å². The minimum absolute atomic E-state index is 0.0726. The summed E-state index contributed by atoms with van der Waals surface area (Å²) < 4.78 is 43.6. The zero-order valence-electron chi connectivity index (χ0n) is 11.0. The molecule has 2 heterocycles. The van der Waals surface area contributed by atoms with Crippen LogP contribution in [0.1, 0.15) is 24.2 Å². The van der Waals surface area contributed by atoms with Crippen molar-refractivity contribution in [3.63, 3.8) is 0 Å². The van der Waals surface area contributed by atoms with Gasteiger partial charge in [0, 0.05) is 18.7 Å². The van der Waals surface area contributed by atoms with Gasteiger partial charge in [0.2, 0.25) is 0 Å². The lowest BCUT2D eigenvalue weighted by Gasteiger charge is -2.33. The molecule has 1 fully saturated rings. The van der Waals surface area contributed by atoms with Gasteiger partial charge >= 0.3 is 6.18 Å². The number of alkyl halides is 3. The highest BCUT2D eigenvalue weighted by molar-refractivity contribution is 5.16. The van der Waals surface area contributed by atoms with E-state index in [1.165, 1.54) is 0 Å². The number of hydrogen-bond acceptors (Lipinski definition) is 3. The predicted molar refractivity (Wildman–Crippen MR) is 65.5 cm³/mol. The van der Waals surface area contributed by atoms with Gasteiger partial charge in [-0.15, -0.1) is 0 Å². The highest BCUT2D eigenvalue weighted by Crippen LogP contribution is 2.33. The largest absolute Gasteiger partial charge is 0.468 e. The molecule has 1 aromatic heterocycles. The summed E-state index contributed by atoms with van der Waals surface area (Å²) in [6.07, 6.45) is -1.67. The number of halogens is 3. The summed E-state index contributed by atoms with van der Waals surface area (Å²) in [5, 5.41) is 3.02. The van der Waals surface area contributed by atoms with E-state index in [1.54, 1.807) is 6.26 Å². The molecule has 2 rings (SSSR count). The van der Waals surface area contributed by atoms with Gasteiger partial charge in [-0.05, 0) is 32.5 Å². The molecule has 1 N–H and O–H groups in total. The van der Waals surface area contributed by atoms with Gasteiger partial charge in [0.25, 0.3) is 0 Å². The van der Waals surface area contributed by atoms with Crippen molar-refractivity contribution >= 4 is 0 Å². The number of nitrogens with zero attached hydrogens (tertiary/aromatic N) is 1. The van der Waals surface area contributed by atoms with Gasteiger partial charge in [0.1, 0.15) is 5.76 Å². The van der Waals surface area contributed by atoms with E-state index >= 15 is 0 Å². The molecule has 1 unspecified atom stereocenters. The van der Waals surface area contributed by atoms with Crippen LogP contribution in [0, 0.1) is 5.92 Å². The van der Waals surface area contributed by atoms with Gasteiger partial charge in [-0.3, -0.25) is 4.90 Å². The van der Waals surface area contributed by atoms with Crippen LogP contribution < -0.4 is 5.32 Å². The molecule has 0 radical (unpaired) electrons. The summed E-state index contributed by atoms with van der Waals surface area (Å²) >= 11 is 0. The predicted octanol–water partition coefficient (Wildman–Crippen LogP) is 2.77. The van der Waals surface area contributed by atoms with E-state index in [0.717, 1.165) is 11.3 Å². The molecule has 1 aliphatic heterocycles. The van der Waals surface area contributed by atoms with Crippen LogP contribution in [0.2, 0.25) is 0 Å². The average Bonchev–Trinajstić information content (AvgIpc) is 2.77. The van der Waals surface area contributed by atoms with Crippen molar-refractivity contribution in [3.8, 4) is 0 Å². The van der Waals surface area contributed by atoms with Crippen molar-refractivity contribution in [1.29, 1.82) is 0 Å². The molecule has 19 heavy (non-hydrogen) atoms. The Labute approximate surface area is 110 Å². The summed E-state index contributed by atoms with van der Waals surface area (Å²) in [7, 11) is 1.83. The van der Waals surface area contributed by atoms with Crippen LogP contribution in [0.15, 0.2) is 16.7 Å². The maximum atomic E-state index is 12.7. The van der Waals surface area contributed by atoms with Crippen molar-refractivity contribution in [2.75, 3.05) is 20.1 Å². The Bertz CT molecular complexity index is 403. The topological polar surface area (TPSA) is 28.4 Å². The molecule has 1 aromatic rings. The number of likely N-dealkylation sites (tertiary alicyclic amines) is 1. The Morgan fingerprint density at radius 3 is 2.95 bits per heavy atom. The molecule has 1 aliphatic rings. The van der Waals surface area contributed by atoms with E-state index in [0.29, 0.717) is 26.1 Å². The highest BCUT2D eigenvalue weighted by atomic mass is 19.4. The number of piperidine rings is 1. The maximum Gasteiger partial charge on any atom is 0.393 e. The van der Waals surface area contributed by atoms with Crippen LogP contribution in [0.5, 0.6) is 0 Å². The fourth-order valence-electron chi connectivity index (χ4n) is 2.52. The van der Waals surface area contributed by atoms with Crippen molar-refractivity contribution in [2.45, 2.75) is 32.1 Å². The minimum Gasteiger partial charge on any atom is -0.468 e. The Morgan fingerprint density at radius 2 is 2.26 bits per heavy atom. The quantitative estimate of drug-likeness (QED) is 0.916. The van der Waals surface area contributed by atoms with Gasteiger partial charge in [0.05, 0.1) is 18.7 Å². The molecule has 0 amide bonds. The molecule has 0 aromatic carbocycles. The zero-order valence-corrected chi connectivity index (χ0v) is 11.0. The van der Waals surface area contributed by atoms with Crippen LogP contribution in [-0.2, 0) is 13.1 Å².